The number of halogens is 2. The molecule has 10 heteroatoms. The minimum atomic E-state index is -1.20. The van der Waals surface area contributed by atoms with Crippen molar-refractivity contribution in [3.63, 3.8) is 0 Å². The third-order valence-corrected chi connectivity index (χ3v) is 6.16. The fraction of sp³-hybridized carbons (Fsp3) is 0.350. The molecule has 0 spiro atoms. The van der Waals surface area contributed by atoms with Gasteiger partial charge in [0.2, 0.25) is 0 Å². The first-order chi connectivity index (χ1) is 14.2. The van der Waals surface area contributed by atoms with Crippen molar-refractivity contribution in [1.82, 2.24) is 14.8 Å². The Balaban J connectivity index is 1.76. The van der Waals surface area contributed by atoms with Crippen LogP contribution in [0, 0.1) is 18.2 Å². The molecule has 0 aliphatic heterocycles. The average molecular weight is 432 g/mol. The number of hydrogen-bond donors (Lipinski definition) is 1. The summed E-state index contributed by atoms with van der Waals surface area (Å²) in [6, 6.07) is 4.83. The molecule has 0 unspecified atom stereocenters. The van der Waals surface area contributed by atoms with Gasteiger partial charge in [-0.25, -0.2) is 13.8 Å². The molecule has 0 saturated carbocycles. The number of fused-ring (bicyclic) bond motifs is 1. The molecular weight excluding hydrogens is 408 g/mol. The molecule has 0 radical (unpaired) electrons. The van der Waals surface area contributed by atoms with Crippen molar-refractivity contribution in [2.24, 2.45) is 0 Å². The van der Waals surface area contributed by atoms with Gasteiger partial charge in [-0.3, -0.25) is 0 Å². The van der Waals surface area contributed by atoms with Gasteiger partial charge in [-0.05, 0) is 29.3 Å². The van der Waals surface area contributed by atoms with Gasteiger partial charge in [-0.1, -0.05) is 26.2 Å². The lowest BCUT2D eigenvalue weighted by Crippen LogP contribution is -2.22. The van der Waals surface area contributed by atoms with Crippen LogP contribution in [0.1, 0.15) is 5.56 Å². The molecular formula is C20H23F2N5O2Si. The Hall–Kier alpha value is -3.03. The lowest BCUT2D eigenvalue weighted by molar-refractivity contribution is 0.0815. The van der Waals surface area contributed by atoms with E-state index in [0.717, 1.165) is 18.2 Å². The van der Waals surface area contributed by atoms with Crippen molar-refractivity contribution in [3.8, 4) is 5.75 Å². The molecule has 2 N–H and O–H groups in total. The molecule has 0 aliphatic rings. The summed E-state index contributed by atoms with van der Waals surface area (Å²) in [5.74, 6) is -1.19. The molecule has 0 fully saturated rings. The van der Waals surface area contributed by atoms with Crippen LogP contribution < -0.4 is 10.5 Å². The summed E-state index contributed by atoms with van der Waals surface area (Å²) in [6.45, 7) is 14.6. The van der Waals surface area contributed by atoms with E-state index < -0.39 is 19.7 Å². The molecule has 0 aliphatic carbocycles. The number of ether oxygens (including phenoxy) is 2. The Morgan fingerprint density at radius 1 is 1.27 bits per heavy atom. The van der Waals surface area contributed by atoms with Gasteiger partial charge < -0.3 is 20.1 Å². The number of pyridine rings is 1. The van der Waals surface area contributed by atoms with Crippen LogP contribution in [-0.4, -0.2) is 29.4 Å². The molecule has 0 bridgehead atoms. The lowest BCUT2D eigenvalue weighted by atomic mass is 10.2. The Morgan fingerprint density at radius 2 is 2.03 bits per heavy atom. The van der Waals surface area contributed by atoms with Gasteiger partial charge in [0.1, 0.15) is 18.2 Å². The third kappa shape index (κ3) is 4.92. The SMILES string of the molecule is [C-]#[N+]c1nn(COCC[Si](C)(C)C)c2ncc(OCc3c(F)ccc(N)c3F)cc12. The monoisotopic (exact) mass is 431 g/mol. The minimum Gasteiger partial charge on any atom is -0.487 e. The molecule has 0 saturated heterocycles. The molecule has 30 heavy (non-hydrogen) atoms. The van der Waals surface area contributed by atoms with E-state index in [9.17, 15) is 8.78 Å². The van der Waals surface area contributed by atoms with E-state index in [1.54, 1.807) is 6.07 Å². The maximum absolute atomic E-state index is 14.0. The smallest absolute Gasteiger partial charge is 0.305 e. The van der Waals surface area contributed by atoms with Crippen molar-refractivity contribution in [2.75, 3.05) is 12.3 Å². The van der Waals surface area contributed by atoms with Crippen LogP contribution >= 0.6 is 0 Å². The topological polar surface area (TPSA) is 79.5 Å². The van der Waals surface area contributed by atoms with Gasteiger partial charge >= 0.3 is 5.82 Å². The van der Waals surface area contributed by atoms with Crippen molar-refractivity contribution in [2.45, 2.75) is 39.0 Å². The number of aromatic nitrogens is 3. The van der Waals surface area contributed by atoms with Crippen LogP contribution in [-0.2, 0) is 18.1 Å². The number of nitrogens with two attached hydrogens (primary N) is 1. The first-order valence-corrected chi connectivity index (χ1v) is 13.1. The molecule has 3 aromatic rings. The standard InChI is InChI=1S/C20H23F2N5O2Si/c1-24-19-14-9-13(29-11-15-16(21)5-6-17(23)18(15)22)10-25-20(14)27(26-19)12-28-7-8-30(2,3)4/h5-6,9-10H,7-8,11-12,23H2,2-4H3. The van der Waals surface area contributed by atoms with E-state index >= 15 is 0 Å². The van der Waals surface area contributed by atoms with Gasteiger partial charge in [-0.2, -0.15) is 0 Å². The highest BCUT2D eigenvalue weighted by molar-refractivity contribution is 6.76. The summed E-state index contributed by atoms with van der Waals surface area (Å²) in [4.78, 5) is 7.72. The average Bonchev–Trinajstić information content (AvgIpc) is 3.04. The Morgan fingerprint density at radius 3 is 2.73 bits per heavy atom. The van der Waals surface area contributed by atoms with Crippen LogP contribution in [0.5, 0.6) is 5.75 Å². The highest BCUT2D eigenvalue weighted by atomic mass is 28.3. The van der Waals surface area contributed by atoms with Gasteiger partial charge in [0.15, 0.2) is 18.2 Å². The molecule has 2 aromatic heterocycles. The number of hydrogen-bond acceptors (Lipinski definition) is 5. The van der Waals surface area contributed by atoms with E-state index in [-0.39, 0.29) is 36.2 Å². The molecule has 2 heterocycles. The first-order valence-electron chi connectivity index (χ1n) is 9.36. The second-order valence-corrected chi connectivity index (χ2v) is 13.7. The van der Waals surface area contributed by atoms with Crippen LogP contribution in [0.15, 0.2) is 24.4 Å². The molecule has 3 rings (SSSR count). The van der Waals surface area contributed by atoms with Crippen LogP contribution in [0.2, 0.25) is 25.7 Å². The Kier molecular flexibility index (Phi) is 6.33. The molecule has 0 amide bonds. The Labute approximate surface area is 174 Å². The van der Waals surface area contributed by atoms with E-state index in [0.29, 0.717) is 17.6 Å². The normalized spacial score (nSPS) is 11.6. The first kappa shape index (κ1) is 21.7. The molecule has 1 aromatic carbocycles. The van der Waals surface area contributed by atoms with E-state index in [4.69, 9.17) is 21.8 Å². The third-order valence-electron chi connectivity index (χ3n) is 4.46. The second kappa shape index (κ2) is 8.77. The zero-order valence-electron chi connectivity index (χ0n) is 17.1. The zero-order chi connectivity index (χ0) is 21.9. The van der Waals surface area contributed by atoms with Gasteiger partial charge in [0, 0.05) is 14.7 Å². The highest BCUT2D eigenvalue weighted by Crippen LogP contribution is 2.28. The fourth-order valence-corrected chi connectivity index (χ4v) is 3.47. The number of rotatable bonds is 8. The van der Waals surface area contributed by atoms with Gasteiger partial charge in [-0.15, -0.1) is 4.68 Å². The number of benzene rings is 1. The fourth-order valence-electron chi connectivity index (χ4n) is 2.71. The number of nitrogens with zero attached hydrogens (tertiary/aromatic N) is 4. The molecule has 7 nitrogen and oxygen atoms in total. The van der Waals surface area contributed by atoms with Crippen LogP contribution in [0.4, 0.5) is 20.3 Å². The summed E-state index contributed by atoms with van der Waals surface area (Å²) < 4.78 is 40.6. The summed E-state index contributed by atoms with van der Waals surface area (Å²) in [5, 5.41) is 4.71. The van der Waals surface area contributed by atoms with E-state index in [1.165, 1.54) is 10.9 Å². The van der Waals surface area contributed by atoms with Crippen molar-refractivity contribution in [1.29, 1.82) is 0 Å². The van der Waals surface area contributed by atoms with Gasteiger partial charge in [0.25, 0.3) is 0 Å². The second-order valence-electron chi connectivity index (χ2n) is 8.04. The largest absolute Gasteiger partial charge is 0.487 e. The van der Waals surface area contributed by atoms with Crippen molar-refractivity contribution < 1.29 is 18.3 Å². The minimum absolute atomic E-state index is 0.151. The zero-order valence-corrected chi connectivity index (χ0v) is 18.1. The number of nitrogen functional groups attached to an aromatic ring is 1. The maximum atomic E-state index is 14.0. The van der Waals surface area contributed by atoms with E-state index in [2.05, 4.69) is 34.6 Å². The van der Waals surface area contributed by atoms with Crippen LogP contribution in [0.25, 0.3) is 15.9 Å². The predicted molar refractivity (Wildman–Crippen MR) is 113 cm³/mol. The summed E-state index contributed by atoms with van der Waals surface area (Å²) >= 11 is 0. The quantitative estimate of drug-likeness (QED) is 0.241. The van der Waals surface area contributed by atoms with Crippen molar-refractivity contribution >= 4 is 30.6 Å². The predicted octanol–water partition coefficient (Wildman–Crippen LogP) is 4.73. The lowest BCUT2D eigenvalue weighted by Gasteiger charge is -2.14. The molecule has 158 valence electrons. The van der Waals surface area contributed by atoms with Gasteiger partial charge in [0.05, 0.1) is 22.8 Å². The summed E-state index contributed by atoms with van der Waals surface area (Å²) in [6.07, 6.45) is 1.42. The van der Waals surface area contributed by atoms with Crippen molar-refractivity contribution in [3.05, 3.63) is 53.0 Å². The van der Waals surface area contributed by atoms with Crippen LogP contribution in [0.3, 0.4) is 0 Å². The highest BCUT2D eigenvalue weighted by Gasteiger charge is 2.18. The molecule has 0 atom stereocenters. The summed E-state index contributed by atoms with van der Waals surface area (Å²) in [7, 11) is -1.20. The Bertz CT molecular complexity index is 1110. The summed E-state index contributed by atoms with van der Waals surface area (Å²) in [5.41, 5.74) is 5.53. The van der Waals surface area contributed by atoms with E-state index in [1.807, 2.05) is 0 Å². The number of anilines is 1. The maximum Gasteiger partial charge on any atom is 0.305 e.